The Hall–Kier alpha value is -2.39. The minimum atomic E-state index is -5.10. The summed E-state index contributed by atoms with van der Waals surface area (Å²) >= 11 is 0. The van der Waals surface area contributed by atoms with E-state index in [0.29, 0.717) is 18.3 Å². The van der Waals surface area contributed by atoms with E-state index < -0.39 is 35.3 Å². The fourth-order valence-electron chi connectivity index (χ4n) is 1.02. The SMILES string of the molecule is NC(N)=NN=Cc1c(F)ccc(OC(F)(F)F)c1F. The van der Waals surface area contributed by atoms with Gasteiger partial charge < -0.3 is 16.2 Å². The molecule has 0 saturated heterocycles. The summed E-state index contributed by atoms with van der Waals surface area (Å²) in [5, 5.41) is 6.15. The first kappa shape index (κ1) is 14.7. The smallest absolute Gasteiger partial charge is 0.403 e. The van der Waals surface area contributed by atoms with E-state index in [4.69, 9.17) is 11.5 Å². The van der Waals surface area contributed by atoms with Gasteiger partial charge in [0.1, 0.15) is 5.82 Å². The Bertz CT molecular complexity index is 522. The van der Waals surface area contributed by atoms with Crippen LogP contribution < -0.4 is 16.2 Å². The summed E-state index contributed by atoms with van der Waals surface area (Å²) in [4.78, 5) is 0. The molecule has 0 aliphatic rings. The van der Waals surface area contributed by atoms with Gasteiger partial charge in [0, 0.05) is 0 Å². The first-order valence-electron chi connectivity index (χ1n) is 4.56. The Kier molecular flexibility index (Phi) is 4.25. The van der Waals surface area contributed by atoms with Gasteiger partial charge in [-0.1, -0.05) is 0 Å². The van der Waals surface area contributed by atoms with E-state index in [2.05, 4.69) is 14.9 Å². The monoisotopic (exact) mass is 282 g/mol. The summed E-state index contributed by atoms with van der Waals surface area (Å²) in [6.45, 7) is 0. The van der Waals surface area contributed by atoms with Gasteiger partial charge in [0.15, 0.2) is 11.6 Å². The lowest BCUT2D eigenvalue weighted by atomic mass is 10.2. The van der Waals surface area contributed by atoms with Crippen molar-refractivity contribution < 1.29 is 26.7 Å². The molecule has 0 atom stereocenters. The van der Waals surface area contributed by atoms with Crippen LogP contribution in [0.3, 0.4) is 0 Å². The van der Waals surface area contributed by atoms with Crippen molar-refractivity contribution in [2.24, 2.45) is 21.7 Å². The van der Waals surface area contributed by atoms with Gasteiger partial charge in [0.2, 0.25) is 5.96 Å². The Balaban J connectivity index is 3.14. The lowest BCUT2D eigenvalue weighted by Crippen LogP contribution is -2.21. The maximum Gasteiger partial charge on any atom is 0.573 e. The van der Waals surface area contributed by atoms with Crippen LogP contribution in [0.5, 0.6) is 5.75 Å². The molecule has 0 bridgehead atoms. The van der Waals surface area contributed by atoms with E-state index in [9.17, 15) is 22.0 Å². The van der Waals surface area contributed by atoms with E-state index in [0.717, 1.165) is 0 Å². The Morgan fingerprint density at radius 3 is 2.37 bits per heavy atom. The maximum absolute atomic E-state index is 13.5. The van der Waals surface area contributed by atoms with E-state index in [1.54, 1.807) is 0 Å². The fourth-order valence-corrected chi connectivity index (χ4v) is 1.02. The van der Waals surface area contributed by atoms with E-state index in [1.165, 1.54) is 0 Å². The van der Waals surface area contributed by atoms with Crippen LogP contribution in [0.4, 0.5) is 22.0 Å². The molecule has 1 rings (SSSR count). The van der Waals surface area contributed by atoms with Gasteiger partial charge in [-0.3, -0.25) is 0 Å². The quantitative estimate of drug-likeness (QED) is 0.381. The highest BCUT2D eigenvalue weighted by Gasteiger charge is 2.33. The molecule has 0 saturated carbocycles. The summed E-state index contributed by atoms with van der Waals surface area (Å²) in [7, 11) is 0. The second-order valence-electron chi connectivity index (χ2n) is 3.09. The maximum atomic E-state index is 13.5. The summed E-state index contributed by atoms with van der Waals surface area (Å²) in [6.07, 6.45) is -4.58. The first-order chi connectivity index (χ1) is 8.70. The molecule has 10 heteroatoms. The van der Waals surface area contributed by atoms with Crippen LogP contribution >= 0.6 is 0 Å². The molecular weight excluding hydrogens is 275 g/mol. The standard InChI is InChI=1S/C9H7F5N4O/c10-5-1-2-6(19-9(12,13)14)7(11)4(5)3-17-18-8(15)16/h1-3H,(H4,15,16,18). The molecule has 5 nitrogen and oxygen atoms in total. The number of halogens is 5. The van der Waals surface area contributed by atoms with Crippen molar-refractivity contribution in [3.8, 4) is 5.75 Å². The van der Waals surface area contributed by atoms with E-state index in [1.807, 2.05) is 0 Å². The average Bonchev–Trinajstić information content (AvgIpc) is 2.25. The van der Waals surface area contributed by atoms with Crippen LogP contribution in [0.15, 0.2) is 22.3 Å². The topological polar surface area (TPSA) is 86.0 Å². The first-order valence-corrected chi connectivity index (χ1v) is 4.56. The molecule has 4 N–H and O–H groups in total. The van der Waals surface area contributed by atoms with Crippen molar-refractivity contribution in [2.75, 3.05) is 0 Å². The highest BCUT2D eigenvalue weighted by molar-refractivity contribution is 5.82. The van der Waals surface area contributed by atoms with Gasteiger partial charge in [-0.15, -0.1) is 18.3 Å². The molecule has 104 valence electrons. The number of nitrogens with zero attached hydrogens (tertiary/aromatic N) is 2. The average molecular weight is 282 g/mol. The third kappa shape index (κ3) is 4.41. The third-order valence-corrected chi connectivity index (χ3v) is 1.68. The number of ether oxygens (including phenoxy) is 1. The van der Waals surface area contributed by atoms with Crippen molar-refractivity contribution >= 4 is 12.2 Å². The van der Waals surface area contributed by atoms with Gasteiger partial charge in [0.05, 0.1) is 11.8 Å². The van der Waals surface area contributed by atoms with Crippen molar-refractivity contribution in [3.05, 3.63) is 29.3 Å². The molecule has 0 radical (unpaired) electrons. The second kappa shape index (κ2) is 5.50. The number of benzene rings is 1. The molecule has 0 aromatic heterocycles. The largest absolute Gasteiger partial charge is 0.573 e. The molecule has 1 aromatic rings. The zero-order valence-electron chi connectivity index (χ0n) is 9.08. The lowest BCUT2D eigenvalue weighted by molar-refractivity contribution is -0.275. The van der Waals surface area contributed by atoms with E-state index >= 15 is 0 Å². The van der Waals surface area contributed by atoms with Gasteiger partial charge in [-0.05, 0) is 12.1 Å². The fraction of sp³-hybridized carbons (Fsp3) is 0.111. The summed E-state index contributed by atoms with van der Waals surface area (Å²) in [5.74, 6) is -4.41. The van der Waals surface area contributed by atoms with Crippen molar-refractivity contribution in [3.63, 3.8) is 0 Å². The highest BCUT2D eigenvalue weighted by atomic mass is 19.4. The minimum Gasteiger partial charge on any atom is -0.403 e. The number of guanidine groups is 1. The molecule has 19 heavy (non-hydrogen) atoms. The number of hydrogen-bond donors (Lipinski definition) is 2. The zero-order chi connectivity index (χ0) is 14.6. The van der Waals surface area contributed by atoms with Crippen LogP contribution in [-0.4, -0.2) is 18.5 Å². The zero-order valence-corrected chi connectivity index (χ0v) is 9.08. The molecule has 0 aliphatic heterocycles. The molecular formula is C9H7F5N4O. The van der Waals surface area contributed by atoms with Crippen LogP contribution in [0.2, 0.25) is 0 Å². The van der Waals surface area contributed by atoms with Gasteiger partial charge >= 0.3 is 6.36 Å². The number of hydrogen-bond acceptors (Lipinski definition) is 3. The summed E-state index contributed by atoms with van der Waals surface area (Å²) in [6, 6.07) is 1.08. The van der Waals surface area contributed by atoms with Gasteiger partial charge in [-0.25, -0.2) is 8.78 Å². The van der Waals surface area contributed by atoms with Crippen LogP contribution in [0.25, 0.3) is 0 Å². The molecule has 0 fully saturated rings. The molecule has 0 unspecified atom stereocenters. The van der Waals surface area contributed by atoms with E-state index in [-0.39, 0.29) is 0 Å². The van der Waals surface area contributed by atoms with Crippen LogP contribution in [0, 0.1) is 11.6 Å². The predicted molar refractivity (Wildman–Crippen MR) is 56.4 cm³/mol. The highest BCUT2D eigenvalue weighted by Crippen LogP contribution is 2.28. The van der Waals surface area contributed by atoms with Crippen molar-refractivity contribution in [1.82, 2.24) is 0 Å². The number of alkyl halides is 3. The molecule has 0 heterocycles. The Morgan fingerprint density at radius 2 is 1.84 bits per heavy atom. The van der Waals surface area contributed by atoms with Crippen LogP contribution in [0.1, 0.15) is 5.56 Å². The molecule has 0 amide bonds. The number of nitrogens with two attached hydrogens (primary N) is 2. The summed E-state index contributed by atoms with van der Waals surface area (Å²) in [5.41, 5.74) is 8.93. The molecule has 1 aromatic carbocycles. The van der Waals surface area contributed by atoms with Crippen molar-refractivity contribution in [1.29, 1.82) is 0 Å². The Morgan fingerprint density at radius 1 is 1.21 bits per heavy atom. The molecule has 0 aliphatic carbocycles. The van der Waals surface area contributed by atoms with Gasteiger partial charge in [0.25, 0.3) is 0 Å². The predicted octanol–water partition coefficient (Wildman–Crippen LogP) is 1.47. The van der Waals surface area contributed by atoms with Crippen LogP contribution in [-0.2, 0) is 0 Å². The number of rotatable bonds is 3. The third-order valence-electron chi connectivity index (χ3n) is 1.68. The second-order valence-corrected chi connectivity index (χ2v) is 3.09. The van der Waals surface area contributed by atoms with Crippen molar-refractivity contribution in [2.45, 2.75) is 6.36 Å². The molecule has 0 spiro atoms. The lowest BCUT2D eigenvalue weighted by Gasteiger charge is -2.10. The Labute approximate surface area is 103 Å². The normalized spacial score (nSPS) is 11.6. The minimum absolute atomic E-state index is 0.486. The summed E-state index contributed by atoms with van der Waals surface area (Å²) < 4.78 is 65.9. The van der Waals surface area contributed by atoms with Gasteiger partial charge in [-0.2, -0.15) is 5.10 Å².